The van der Waals surface area contributed by atoms with Crippen molar-refractivity contribution in [1.29, 1.82) is 0 Å². The average Bonchev–Trinajstić information content (AvgIpc) is 1.82. The molecule has 0 aromatic heterocycles. The quantitative estimate of drug-likeness (QED) is 0.470. The van der Waals surface area contributed by atoms with E-state index in [0.29, 0.717) is 16.7 Å². The molecular weight excluding hydrogens is 154 g/mol. The van der Waals surface area contributed by atoms with Gasteiger partial charge in [-0.1, -0.05) is 0 Å². The van der Waals surface area contributed by atoms with Crippen molar-refractivity contribution in [1.82, 2.24) is 0 Å². The van der Waals surface area contributed by atoms with Crippen molar-refractivity contribution in [3.63, 3.8) is 0 Å². The van der Waals surface area contributed by atoms with E-state index in [1.807, 2.05) is 0 Å². The average molecular weight is 163 g/mol. The number of nitro benzene ring substituents is 1. The molecule has 12 heavy (non-hydrogen) atoms. The van der Waals surface area contributed by atoms with Gasteiger partial charge in [-0.15, -0.1) is 0 Å². The lowest BCUT2D eigenvalue weighted by molar-refractivity contribution is -0.386. The first-order chi connectivity index (χ1) is 5.52. The third kappa shape index (κ3) is 1.44. The summed E-state index contributed by atoms with van der Waals surface area (Å²) in [5.74, 6) is 0. The number of aryl methyl sites for hydroxylation is 2. The molecule has 0 saturated carbocycles. The van der Waals surface area contributed by atoms with E-state index in [-0.39, 0.29) is 10.6 Å². The summed E-state index contributed by atoms with van der Waals surface area (Å²) in [5, 5.41) is 10.5. The minimum atomic E-state index is -0.385. The van der Waals surface area contributed by atoms with Crippen LogP contribution in [0.15, 0.2) is 12.1 Å². The number of benzene rings is 1. The number of hydrogen-bond donors (Lipinski definition) is 0. The van der Waals surface area contributed by atoms with Crippen LogP contribution >= 0.6 is 0 Å². The van der Waals surface area contributed by atoms with Crippen LogP contribution in [-0.2, 0) is 0 Å². The van der Waals surface area contributed by atoms with Gasteiger partial charge >= 0.3 is 0 Å². The molecule has 2 radical (unpaired) electrons. The second kappa shape index (κ2) is 2.93. The highest BCUT2D eigenvalue weighted by molar-refractivity contribution is 5.49. The maximum Gasteiger partial charge on any atom is 0.275 e. The van der Waals surface area contributed by atoms with Gasteiger partial charge in [-0.3, -0.25) is 10.1 Å². The maximum atomic E-state index is 10.5. The molecular formula is C9H9NO2. The monoisotopic (exact) mass is 163 g/mol. The Bertz CT molecular complexity index is 308. The molecule has 0 spiro atoms. The lowest BCUT2D eigenvalue weighted by Crippen LogP contribution is -1.95. The van der Waals surface area contributed by atoms with Crippen LogP contribution in [0.1, 0.15) is 16.7 Å². The number of nitro groups is 1. The first-order valence-electron chi connectivity index (χ1n) is 3.53. The van der Waals surface area contributed by atoms with Crippen LogP contribution in [0.25, 0.3) is 0 Å². The molecule has 0 unspecified atom stereocenters. The number of rotatable bonds is 1. The fraction of sp³-hybridized carbons (Fsp3) is 0.222. The van der Waals surface area contributed by atoms with Gasteiger partial charge in [-0.2, -0.15) is 0 Å². The van der Waals surface area contributed by atoms with E-state index in [1.54, 1.807) is 26.0 Å². The van der Waals surface area contributed by atoms with Gasteiger partial charge in [-0.05, 0) is 38.5 Å². The van der Waals surface area contributed by atoms with Gasteiger partial charge in [0.1, 0.15) is 0 Å². The Hall–Kier alpha value is -1.38. The van der Waals surface area contributed by atoms with Crippen molar-refractivity contribution in [3.05, 3.63) is 45.9 Å². The molecule has 0 aliphatic rings. The van der Waals surface area contributed by atoms with Gasteiger partial charge in [0.2, 0.25) is 0 Å². The molecule has 0 aliphatic carbocycles. The van der Waals surface area contributed by atoms with Gasteiger partial charge in [0.25, 0.3) is 5.69 Å². The standard InChI is InChI=1S/C9H9NO2/c1-6-4-7(2)9(10(11)12)8(3)5-6/h1,4-5H,2-3H3. The smallest absolute Gasteiger partial charge is 0.258 e. The zero-order chi connectivity index (χ0) is 9.30. The molecule has 1 rings (SSSR count). The summed E-state index contributed by atoms with van der Waals surface area (Å²) in [5.41, 5.74) is 1.94. The van der Waals surface area contributed by atoms with Crippen LogP contribution in [0.2, 0.25) is 0 Å². The molecule has 0 atom stereocenters. The summed E-state index contributed by atoms with van der Waals surface area (Å²) in [6.07, 6.45) is 0. The molecule has 1 aromatic carbocycles. The zero-order valence-corrected chi connectivity index (χ0v) is 7.00. The minimum Gasteiger partial charge on any atom is -0.258 e. The van der Waals surface area contributed by atoms with Crippen LogP contribution in [0.4, 0.5) is 5.69 Å². The van der Waals surface area contributed by atoms with Crippen molar-refractivity contribution in [2.45, 2.75) is 13.8 Å². The van der Waals surface area contributed by atoms with E-state index < -0.39 is 0 Å². The van der Waals surface area contributed by atoms with Gasteiger partial charge in [0.15, 0.2) is 0 Å². The van der Waals surface area contributed by atoms with E-state index in [9.17, 15) is 10.1 Å². The lowest BCUT2D eigenvalue weighted by Gasteiger charge is -2.01. The lowest BCUT2D eigenvalue weighted by atomic mass is 10.1. The highest BCUT2D eigenvalue weighted by Crippen LogP contribution is 2.23. The molecule has 0 N–H and O–H groups in total. The summed E-state index contributed by atoms with van der Waals surface area (Å²) in [4.78, 5) is 10.1. The third-order valence-electron chi connectivity index (χ3n) is 1.70. The second-order valence-corrected chi connectivity index (χ2v) is 2.76. The largest absolute Gasteiger partial charge is 0.275 e. The van der Waals surface area contributed by atoms with E-state index in [2.05, 4.69) is 0 Å². The van der Waals surface area contributed by atoms with Crippen molar-refractivity contribution in [3.8, 4) is 0 Å². The first kappa shape index (κ1) is 8.71. The SMILES string of the molecule is [CH]c1cc(C)c([N+](=O)[O-])c(C)c1. The highest BCUT2D eigenvalue weighted by Gasteiger charge is 2.13. The van der Waals surface area contributed by atoms with E-state index in [4.69, 9.17) is 6.92 Å². The summed E-state index contributed by atoms with van der Waals surface area (Å²) in [6, 6.07) is 3.20. The highest BCUT2D eigenvalue weighted by atomic mass is 16.6. The summed E-state index contributed by atoms with van der Waals surface area (Å²) < 4.78 is 0. The van der Waals surface area contributed by atoms with Crippen LogP contribution in [-0.4, -0.2) is 4.92 Å². The fourth-order valence-electron chi connectivity index (χ4n) is 1.28. The van der Waals surface area contributed by atoms with Crippen molar-refractivity contribution in [2.24, 2.45) is 0 Å². The zero-order valence-electron chi connectivity index (χ0n) is 7.00. The molecule has 1 aromatic rings. The number of nitrogens with zero attached hydrogens (tertiary/aromatic N) is 1. The Labute approximate surface area is 71.2 Å². The Morgan fingerprint density at radius 2 is 1.75 bits per heavy atom. The van der Waals surface area contributed by atoms with Crippen LogP contribution in [0.5, 0.6) is 0 Å². The Morgan fingerprint density at radius 1 is 1.33 bits per heavy atom. The molecule has 0 amide bonds. The second-order valence-electron chi connectivity index (χ2n) is 2.76. The van der Waals surface area contributed by atoms with Gasteiger partial charge < -0.3 is 0 Å². The maximum absolute atomic E-state index is 10.5. The Kier molecular flexibility index (Phi) is 2.13. The van der Waals surface area contributed by atoms with Crippen LogP contribution < -0.4 is 0 Å². The molecule has 0 bridgehead atoms. The van der Waals surface area contributed by atoms with E-state index >= 15 is 0 Å². The normalized spacial score (nSPS) is 9.92. The summed E-state index contributed by atoms with van der Waals surface area (Å²) in [7, 11) is 0. The van der Waals surface area contributed by atoms with Crippen LogP contribution in [0, 0.1) is 30.9 Å². The molecule has 0 saturated heterocycles. The third-order valence-corrected chi connectivity index (χ3v) is 1.70. The summed E-state index contributed by atoms with van der Waals surface area (Å²) in [6.45, 7) is 8.87. The van der Waals surface area contributed by atoms with Gasteiger partial charge in [0.05, 0.1) is 4.92 Å². The van der Waals surface area contributed by atoms with Crippen LogP contribution in [0.3, 0.4) is 0 Å². The molecule has 62 valence electrons. The Balaban J connectivity index is 3.38. The van der Waals surface area contributed by atoms with E-state index in [1.165, 1.54) is 0 Å². The molecule has 3 nitrogen and oxygen atoms in total. The summed E-state index contributed by atoms with van der Waals surface area (Å²) >= 11 is 0. The number of hydrogen-bond acceptors (Lipinski definition) is 2. The molecule has 0 aliphatic heterocycles. The van der Waals surface area contributed by atoms with Crippen molar-refractivity contribution in [2.75, 3.05) is 0 Å². The topological polar surface area (TPSA) is 43.1 Å². The van der Waals surface area contributed by atoms with Gasteiger partial charge in [-0.25, -0.2) is 0 Å². The fourth-order valence-corrected chi connectivity index (χ4v) is 1.28. The predicted octanol–water partition coefficient (Wildman–Crippen LogP) is 2.27. The predicted molar refractivity (Wildman–Crippen MR) is 46.0 cm³/mol. The molecule has 0 fully saturated rings. The first-order valence-corrected chi connectivity index (χ1v) is 3.53. The van der Waals surface area contributed by atoms with Crippen molar-refractivity contribution >= 4 is 5.69 Å². The minimum absolute atomic E-state index is 0.157. The van der Waals surface area contributed by atoms with Crippen molar-refractivity contribution < 1.29 is 4.92 Å². The molecule has 3 heteroatoms. The van der Waals surface area contributed by atoms with E-state index in [0.717, 1.165) is 0 Å². The molecule has 0 heterocycles. The Morgan fingerprint density at radius 3 is 2.08 bits per heavy atom. The van der Waals surface area contributed by atoms with Gasteiger partial charge in [0, 0.05) is 11.1 Å².